The van der Waals surface area contributed by atoms with Crippen LogP contribution in [0.1, 0.15) is 25.3 Å². The molecule has 15 heavy (non-hydrogen) atoms. The van der Waals surface area contributed by atoms with Gasteiger partial charge in [-0.15, -0.1) is 0 Å². The monoisotopic (exact) mass is 207 g/mol. The molecule has 0 aliphatic heterocycles. The van der Waals surface area contributed by atoms with Gasteiger partial charge in [-0.1, -0.05) is 13.3 Å². The van der Waals surface area contributed by atoms with Gasteiger partial charge in [0, 0.05) is 24.4 Å². The van der Waals surface area contributed by atoms with E-state index in [0.717, 1.165) is 24.3 Å². The van der Waals surface area contributed by atoms with Crippen LogP contribution < -0.4 is 9.30 Å². The third kappa shape index (κ3) is 3.70. The van der Waals surface area contributed by atoms with Crippen LogP contribution in [0.3, 0.4) is 0 Å². The molecule has 1 heterocycles. The summed E-state index contributed by atoms with van der Waals surface area (Å²) in [5.74, 6) is 0.861. The predicted molar refractivity (Wildman–Crippen MR) is 61.5 cm³/mol. The fourth-order valence-electron chi connectivity index (χ4n) is 1.27. The molecule has 0 aliphatic carbocycles. The van der Waals surface area contributed by atoms with E-state index in [1.54, 1.807) is 7.11 Å². The van der Waals surface area contributed by atoms with Crippen molar-refractivity contribution in [3.05, 3.63) is 24.0 Å². The van der Waals surface area contributed by atoms with Gasteiger partial charge >= 0.3 is 0 Å². The predicted octanol–water partition coefficient (Wildman–Crippen LogP) is 1.74. The van der Waals surface area contributed by atoms with Crippen LogP contribution in [0.25, 0.3) is 0 Å². The Labute approximate surface area is 91.4 Å². The van der Waals surface area contributed by atoms with E-state index < -0.39 is 0 Å². The molecule has 0 N–H and O–H groups in total. The second kappa shape index (κ2) is 6.17. The maximum absolute atomic E-state index is 5.27. The lowest BCUT2D eigenvalue weighted by atomic mass is 10.2. The Bertz CT molecular complexity index is 334. The minimum atomic E-state index is 0.861. The Balaban J connectivity index is 2.71. The van der Waals surface area contributed by atoms with Crippen molar-refractivity contribution in [2.45, 2.75) is 19.8 Å². The van der Waals surface area contributed by atoms with E-state index in [9.17, 15) is 0 Å². The fraction of sp³-hybridized carbons (Fsp3) is 0.500. The zero-order valence-electron chi connectivity index (χ0n) is 9.73. The molecule has 1 aromatic heterocycles. The molecule has 0 aliphatic rings. The molecule has 0 saturated carbocycles. The van der Waals surface area contributed by atoms with Gasteiger partial charge in [-0.2, -0.15) is 0 Å². The normalized spacial score (nSPS) is 10.9. The summed E-state index contributed by atoms with van der Waals surface area (Å²) in [5, 5.41) is 0. The standard InChI is InChI=1S/C12H19N2O/c1-4-5-7-13-9-11-6-8-14(2)10-12(11)15-3/h6,8-10H,4-5,7H2,1-3H3/q+1. The lowest BCUT2D eigenvalue weighted by Gasteiger charge is -2.01. The highest BCUT2D eigenvalue weighted by Gasteiger charge is 2.04. The molecule has 0 radical (unpaired) electrons. The van der Waals surface area contributed by atoms with E-state index in [1.807, 2.05) is 36.3 Å². The van der Waals surface area contributed by atoms with Crippen LogP contribution in [0.4, 0.5) is 0 Å². The maximum atomic E-state index is 5.27. The zero-order chi connectivity index (χ0) is 11.1. The molecular formula is C12H19N2O+. The number of methoxy groups -OCH3 is 1. The Morgan fingerprint density at radius 3 is 3.00 bits per heavy atom. The molecule has 1 aromatic rings. The molecule has 0 unspecified atom stereocenters. The number of rotatable bonds is 5. The quantitative estimate of drug-likeness (QED) is 0.410. The van der Waals surface area contributed by atoms with Crippen LogP contribution in [0.15, 0.2) is 23.5 Å². The van der Waals surface area contributed by atoms with Gasteiger partial charge in [0.05, 0.1) is 7.11 Å². The average Bonchev–Trinajstić information content (AvgIpc) is 2.26. The summed E-state index contributed by atoms with van der Waals surface area (Å²) in [6.07, 6.45) is 8.14. The minimum absolute atomic E-state index is 0.861. The van der Waals surface area contributed by atoms with Crippen LogP contribution in [0.2, 0.25) is 0 Å². The molecule has 0 atom stereocenters. The van der Waals surface area contributed by atoms with Crippen molar-refractivity contribution in [2.24, 2.45) is 12.0 Å². The third-order valence-electron chi connectivity index (χ3n) is 2.19. The number of pyridine rings is 1. The van der Waals surface area contributed by atoms with Gasteiger partial charge in [0.15, 0.2) is 11.9 Å². The first-order chi connectivity index (χ1) is 7.27. The first kappa shape index (κ1) is 11.7. The van der Waals surface area contributed by atoms with Gasteiger partial charge < -0.3 is 4.74 Å². The molecule has 3 heteroatoms. The second-order valence-corrected chi connectivity index (χ2v) is 3.52. The highest BCUT2D eigenvalue weighted by Crippen LogP contribution is 2.11. The van der Waals surface area contributed by atoms with E-state index in [0.29, 0.717) is 0 Å². The number of ether oxygens (including phenoxy) is 1. The molecule has 0 fully saturated rings. The van der Waals surface area contributed by atoms with Crippen molar-refractivity contribution in [2.75, 3.05) is 13.7 Å². The van der Waals surface area contributed by atoms with Gasteiger partial charge in [-0.05, 0) is 6.42 Å². The lowest BCUT2D eigenvalue weighted by molar-refractivity contribution is -0.671. The van der Waals surface area contributed by atoms with E-state index in [1.165, 1.54) is 6.42 Å². The van der Waals surface area contributed by atoms with Crippen molar-refractivity contribution < 1.29 is 9.30 Å². The Morgan fingerprint density at radius 1 is 1.53 bits per heavy atom. The summed E-state index contributed by atoms with van der Waals surface area (Å²) in [4.78, 5) is 4.36. The highest BCUT2D eigenvalue weighted by molar-refractivity contribution is 5.82. The minimum Gasteiger partial charge on any atom is -0.490 e. The molecule has 0 bridgehead atoms. The van der Waals surface area contributed by atoms with Crippen molar-refractivity contribution in [3.63, 3.8) is 0 Å². The fourth-order valence-corrected chi connectivity index (χ4v) is 1.27. The molecule has 1 rings (SSSR count). The number of nitrogens with zero attached hydrogens (tertiary/aromatic N) is 2. The van der Waals surface area contributed by atoms with Crippen LogP contribution >= 0.6 is 0 Å². The number of aryl methyl sites for hydroxylation is 1. The number of unbranched alkanes of at least 4 members (excludes halogenated alkanes) is 1. The molecule has 82 valence electrons. The Morgan fingerprint density at radius 2 is 2.33 bits per heavy atom. The summed E-state index contributed by atoms with van der Waals surface area (Å²) in [6.45, 7) is 3.05. The van der Waals surface area contributed by atoms with Gasteiger partial charge in [0.2, 0.25) is 6.20 Å². The van der Waals surface area contributed by atoms with Crippen molar-refractivity contribution in [1.29, 1.82) is 0 Å². The third-order valence-corrected chi connectivity index (χ3v) is 2.19. The number of hydrogen-bond donors (Lipinski definition) is 0. The second-order valence-electron chi connectivity index (χ2n) is 3.52. The number of hydrogen-bond acceptors (Lipinski definition) is 2. The molecule has 0 saturated heterocycles. The van der Waals surface area contributed by atoms with E-state index in [-0.39, 0.29) is 0 Å². The van der Waals surface area contributed by atoms with E-state index in [2.05, 4.69) is 11.9 Å². The van der Waals surface area contributed by atoms with Gasteiger partial charge in [-0.25, -0.2) is 4.57 Å². The smallest absolute Gasteiger partial charge is 0.211 e. The molecule has 0 spiro atoms. The van der Waals surface area contributed by atoms with Crippen molar-refractivity contribution in [3.8, 4) is 5.75 Å². The number of aromatic nitrogens is 1. The lowest BCUT2D eigenvalue weighted by Crippen LogP contribution is -2.26. The SMILES string of the molecule is CCCCN=Cc1cc[n+](C)cc1OC. The molecule has 3 nitrogen and oxygen atoms in total. The largest absolute Gasteiger partial charge is 0.490 e. The summed E-state index contributed by atoms with van der Waals surface area (Å²) in [6, 6.07) is 2.01. The Hall–Kier alpha value is -1.38. The topological polar surface area (TPSA) is 25.5 Å². The summed E-state index contributed by atoms with van der Waals surface area (Å²) in [5.41, 5.74) is 1.03. The van der Waals surface area contributed by atoms with E-state index >= 15 is 0 Å². The summed E-state index contributed by atoms with van der Waals surface area (Å²) < 4.78 is 7.23. The van der Waals surface area contributed by atoms with Gasteiger partial charge in [-0.3, -0.25) is 4.99 Å². The molecular weight excluding hydrogens is 188 g/mol. The van der Waals surface area contributed by atoms with Gasteiger partial charge in [0.1, 0.15) is 7.05 Å². The molecule has 0 amide bonds. The first-order valence-electron chi connectivity index (χ1n) is 5.31. The highest BCUT2D eigenvalue weighted by atomic mass is 16.5. The van der Waals surface area contributed by atoms with Gasteiger partial charge in [0.25, 0.3) is 0 Å². The zero-order valence-corrected chi connectivity index (χ0v) is 9.73. The summed E-state index contributed by atoms with van der Waals surface area (Å²) >= 11 is 0. The first-order valence-corrected chi connectivity index (χ1v) is 5.31. The summed E-state index contributed by atoms with van der Waals surface area (Å²) in [7, 11) is 3.65. The Kier molecular flexibility index (Phi) is 4.81. The van der Waals surface area contributed by atoms with E-state index in [4.69, 9.17) is 4.74 Å². The van der Waals surface area contributed by atoms with Crippen molar-refractivity contribution >= 4 is 6.21 Å². The van der Waals surface area contributed by atoms with Crippen molar-refractivity contribution in [1.82, 2.24) is 0 Å². The van der Waals surface area contributed by atoms with Crippen LogP contribution in [-0.4, -0.2) is 19.9 Å². The average molecular weight is 207 g/mol. The molecule has 0 aromatic carbocycles. The maximum Gasteiger partial charge on any atom is 0.211 e. The van der Waals surface area contributed by atoms with Crippen LogP contribution in [0.5, 0.6) is 5.75 Å². The number of aliphatic imine (C=N–C) groups is 1. The van der Waals surface area contributed by atoms with Crippen LogP contribution in [0, 0.1) is 0 Å². The van der Waals surface area contributed by atoms with Crippen LogP contribution in [-0.2, 0) is 7.05 Å².